The zero-order chi connectivity index (χ0) is 13.3. The third-order valence-corrected chi connectivity index (χ3v) is 2.94. The lowest BCUT2D eigenvalue weighted by Crippen LogP contribution is -2.04. The normalized spacial score (nSPS) is 10.6. The van der Waals surface area contributed by atoms with Crippen molar-refractivity contribution >= 4 is 34.9 Å². The van der Waals surface area contributed by atoms with Gasteiger partial charge in [-0.3, -0.25) is 4.68 Å². The van der Waals surface area contributed by atoms with Gasteiger partial charge in [-0.2, -0.15) is 5.10 Å². The Kier molecular flexibility index (Phi) is 3.45. The lowest BCUT2D eigenvalue weighted by atomic mass is 10.2. The molecule has 0 saturated heterocycles. The fourth-order valence-electron chi connectivity index (χ4n) is 1.52. The first-order valence-corrected chi connectivity index (χ1v) is 5.73. The fourth-order valence-corrected chi connectivity index (χ4v) is 1.90. The summed E-state index contributed by atoms with van der Waals surface area (Å²) in [5, 5.41) is 13.8. The van der Waals surface area contributed by atoms with Gasteiger partial charge in [0, 0.05) is 16.2 Å². The Bertz CT molecular complexity index is 610. The Labute approximate surface area is 113 Å². The van der Waals surface area contributed by atoms with Crippen molar-refractivity contribution in [1.29, 1.82) is 0 Å². The van der Waals surface area contributed by atoms with E-state index in [0.29, 0.717) is 16.6 Å². The van der Waals surface area contributed by atoms with E-state index in [1.165, 1.54) is 10.9 Å². The van der Waals surface area contributed by atoms with E-state index in [0.717, 1.165) is 5.56 Å². The maximum Gasteiger partial charge on any atom is 0.358 e. The van der Waals surface area contributed by atoms with Gasteiger partial charge < -0.3 is 10.8 Å². The summed E-state index contributed by atoms with van der Waals surface area (Å²) in [4.78, 5) is 10.8. The first-order chi connectivity index (χ1) is 8.47. The van der Waals surface area contributed by atoms with Gasteiger partial charge in [-0.15, -0.1) is 0 Å². The molecule has 2 rings (SSSR count). The maximum atomic E-state index is 10.8. The minimum Gasteiger partial charge on any atom is -0.476 e. The molecule has 0 aliphatic heterocycles. The lowest BCUT2D eigenvalue weighted by Gasteiger charge is -2.04. The molecular formula is C11H9Cl2N3O2. The molecule has 0 bridgehead atoms. The number of carbonyl (C=O) groups is 1. The predicted molar refractivity (Wildman–Crippen MR) is 69.2 cm³/mol. The largest absolute Gasteiger partial charge is 0.476 e. The Hall–Kier alpha value is -1.72. The van der Waals surface area contributed by atoms with Gasteiger partial charge in [-0.1, -0.05) is 23.2 Å². The number of hydrogen-bond acceptors (Lipinski definition) is 3. The van der Waals surface area contributed by atoms with Crippen LogP contribution in [0.4, 0.5) is 5.69 Å². The average Bonchev–Trinajstić information content (AvgIpc) is 2.65. The van der Waals surface area contributed by atoms with Crippen LogP contribution in [0.5, 0.6) is 0 Å². The second-order valence-corrected chi connectivity index (χ2v) is 4.52. The molecule has 0 aliphatic rings. The Morgan fingerprint density at radius 3 is 2.78 bits per heavy atom. The smallest absolute Gasteiger partial charge is 0.358 e. The number of nitrogens with zero attached hydrogens (tertiary/aromatic N) is 2. The summed E-state index contributed by atoms with van der Waals surface area (Å²) in [5.41, 5.74) is 6.22. The molecule has 1 aromatic carbocycles. The fraction of sp³-hybridized carbons (Fsp3) is 0.0909. The van der Waals surface area contributed by atoms with Crippen molar-refractivity contribution in [3.8, 4) is 0 Å². The summed E-state index contributed by atoms with van der Waals surface area (Å²) in [6, 6.07) is 5.04. The van der Waals surface area contributed by atoms with Crippen LogP contribution in [0.3, 0.4) is 0 Å². The first kappa shape index (κ1) is 12.7. The van der Waals surface area contributed by atoms with Gasteiger partial charge in [0.25, 0.3) is 0 Å². The van der Waals surface area contributed by atoms with E-state index in [9.17, 15) is 4.79 Å². The number of aromatic nitrogens is 2. The van der Waals surface area contributed by atoms with Crippen LogP contribution in [0.15, 0.2) is 24.4 Å². The van der Waals surface area contributed by atoms with Gasteiger partial charge in [0.2, 0.25) is 0 Å². The monoisotopic (exact) mass is 285 g/mol. The van der Waals surface area contributed by atoms with Crippen molar-refractivity contribution in [3.63, 3.8) is 0 Å². The third kappa shape index (κ3) is 2.57. The Morgan fingerprint density at radius 1 is 1.44 bits per heavy atom. The molecule has 0 fully saturated rings. The van der Waals surface area contributed by atoms with Crippen LogP contribution in [0.25, 0.3) is 0 Å². The number of aromatic carboxylic acids is 1. The standard InChI is InChI=1S/C11H9Cl2N3O2/c12-7-1-2-8(13)6(3-7)4-16-5-9(14)10(15-16)11(17)18/h1-3,5H,4,14H2,(H,17,18). The van der Waals surface area contributed by atoms with Crippen molar-refractivity contribution < 1.29 is 9.90 Å². The first-order valence-electron chi connectivity index (χ1n) is 4.97. The van der Waals surface area contributed by atoms with Crippen LogP contribution >= 0.6 is 23.2 Å². The van der Waals surface area contributed by atoms with Gasteiger partial charge >= 0.3 is 5.97 Å². The van der Waals surface area contributed by atoms with Gasteiger partial charge in [-0.25, -0.2) is 4.79 Å². The zero-order valence-corrected chi connectivity index (χ0v) is 10.6. The van der Waals surface area contributed by atoms with E-state index in [-0.39, 0.29) is 11.4 Å². The van der Waals surface area contributed by atoms with Crippen molar-refractivity contribution in [2.75, 3.05) is 5.73 Å². The maximum absolute atomic E-state index is 10.8. The van der Waals surface area contributed by atoms with Crippen molar-refractivity contribution in [2.24, 2.45) is 0 Å². The van der Waals surface area contributed by atoms with Gasteiger partial charge in [0.1, 0.15) is 0 Å². The molecule has 0 amide bonds. The highest BCUT2D eigenvalue weighted by molar-refractivity contribution is 6.33. The molecule has 3 N–H and O–H groups in total. The minimum absolute atomic E-state index is 0.112. The molecule has 1 heterocycles. The summed E-state index contributed by atoms with van der Waals surface area (Å²) in [5.74, 6) is -1.16. The molecule has 0 aliphatic carbocycles. The SMILES string of the molecule is Nc1cn(Cc2cc(Cl)ccc2Cl)nc1C(=O)O. The van der Waals surface area contributed by atoms with Crippen LogP contribution in [-0.2, 0) is 6.54 Å². The van der Waals surface area contributed by atoms with Crippen LogP contribution in [0, 0.1) is 0 Å². The summed E-state index contributed by atoms with van der Waals surface area (Å²) < 4.78 is 1.41. The number of halogens is 2. The Morgan fingerprint density at radius 2 is 2.17 bits per heavy atom. The second-order valence-electron chi connectivity index (χ2n) is 3.67. The van der Waals surface area contributed by atoms with E-state index in [2.05, 4.69) is 5.10 Å². The van der Waals surface area contributed by atoms with E-state index >= 15 is 0 Å². The molecule has 7 heteroatoms. The molecule has 0 unspecified atom stereocenters. The van der Waals surface area contributed by atoms with Crippen LogP contribution in [-0.4, -0.2) is 20.9 Å². The van der Waals surface area contributed by atoms with Crippen LogP contribution in [0.2, 0.25) is 10.0 Å². The average molecular weight is 286 g/mol. The van der Waals surface area contributed by atoms with Crippen molar-refractivity contribution in [1.82, 2.24) is 9.78 Å². The molecule has 1 aromatic heterocycles. The van der Waals surface area contributed by atoms with E-state index in [1.54, 1.807) is 18.2 Å². The van der Waals surface area contributed by atoms with E-state index < -0.39 is 5.97 Å². The molecule has 0 radical (unpaired) electrons. The number of anilines is 1. The Balaban J connectivity index is 2.31. The van der Waals surface area contributed by atoms with E-state index in [1.807, 2.05) is 0 Å². The van der Waals surface area contributed by atoms with E-state index in [4.69, 9.17) is 34.0 Å². The topological polar surface area (TPSA) is 81.1 Å². The summed E-state index contributed by atoms with van der Waals surface area (Å²) in [7, 11) is 0. The molecule has 2 aromatic rings. The number of carboxylic acids is 1. The predicted octanol–water partition coefficient (Wildman–Crippen LogP) is 2.52. The minimum atomic E-state index is -1.16. The number of carboxylic acid groups (broad SMARTS) is 1. The highest BCUT2D eigenvalue weighted by atomic mass is 35.5. The number of benzene rings is 1. The van der Waals surface area contributed by atoms with Crippen molar-refractivity contribution in [2.45, 2.75) is 6.54 Å². The quantitative estimate of drug-likeness (QED) is 0.908. The van der Waals surface area contributed by atoms with Gasteiger partial charge in [0.05, 0.1) is 12.2 Å². The van der Waals surface area contributed by atoms with Gasteiger partial charge in [0.15, 0.2) is 5.69 Å². The molecule has 0 saturated carbocycles. The number of nitrogens with two attached hydrogens (primary N) is 1. The highest BCUT2D eigenvalue weighted by Crippen LogP contribution is 2.22. The molecule has 94 valence electrons. The lowest BCUT2D eigenvalue weighted by molar-refractivity contribution is 0.0690. The second kappa shape index (κ2) is 4.88. The number of hydrogen-bond donors (Lipinski definition) is 2. The van der Waals surface area contributed by atoms with Crippen molar-refractivity contribution in [3.05, 3.63) is 45.7 Å². The third-order valence-electron chi connectivity index (χ3n) is 2.33. The van der Waals surface area contributed by atoms with Gasteiger partial charge in [-0.05, 0) is 23.8 Å². The van der Waals surface area contributed by atoms with Crippen LogP contribution < -0.4 is 5.73 Å². The number of rotatable bonds is 3. The summed E-state index contributed by atoms with van der Waals surface area (Å²) in [6.07, 6.45) is 1.45. The van der Waals surface area contributed by atoms with Crippen LogP contribution in [0.1, 0.15) is 16.1 Å². The molecular weight excluding hydrogens is 277 g/mol. The molecule has 0 atom stereocenters. The number of nitrogen functional groups attached to an aromatic ring is 1. The summed E-state index contributed by atoms with van der Waals surface area (Å²) >= 11 is 11.9. The zero-order valence-electron chi connectivity index (χ0n) is 9.10. The highest BCUT2D eigenvalue weighted by Gasteiger charge is 2.13. The molecule has 5 nitrogen and oxygen atoms in total. The molecule has 0 spiro atoms. The summed E-state index contributed by atoms with van der Waals surface area (Å²) in [6.45, 7) is 0.302. The molecule has 18 heavy (non-hydrogen) atoms.